The van der Waals surface area contributed by atoms with Gasteiger partial charge in [-0.3, -0.25) is 4.79 Å². The van der Waals surface area contributed by atoms with Crippen molar-refractivity contribution in [3.05, 3.63) is 71.7 Å². The van der Waals surface area contributed by atoms with Gasteiger partial charge in [-0.15, -0.1) is 0 Å². The van der Waals surface area contributed by atoms with Crippen molar-refractivity contribution in [3.63, 3.8) is 0 Å². The van der Waals surface area contributed by atoms with E-state index < -0.39 is 12.1 Å². The lowest BCUT2D eigenvalue weighted by Crippen LogP contribution is -2.24. The van der Waals surface area contributed by atoms with Crippen molar-refractivity contribution in [3.8, 4) is 0 Å². The van der Waals surface area contributed by atoms with E-state index in [4.69, 9.17) is 4.74 Å². The predicted molar refractivity (Wildman–Crippen MR) is 90.2 cm³/mol. The number of hydrogen-bond donors (Lipinski definition) is 0. The summed E-state index contributed by atoms with van der Waals surface area (Å²) in [6.45, 7) is 3.62. The van der Waals surface area contributed by atoms with Crippen LogP contribution < -0.4 is 0 Å². The SMILES string of the molecule is CCc1ccc(C(=O)[C@@H](C)OC(=O)c2cn3ccccc3n2)cc1. The van der Waals surface area contributed by atoms with Crippen LogP contribution in [0.25, 0.3) is 5.65 Å². The summed E-state index contributed by atoms with van der Waals surface area (Å²) in [5.74, 6) is -0.834. The van der Waals surface area contributed by atoms with Crippen LogP contribution in [-0.2, 0) is 11.2 Å². The van der Waals surface area contributed by atoms with Crippen molar-refractivity contribution in [1.29, 1.82) is 0 Å². The number of ketones is 1. The van der Waals surface area contributed by atoms with Gasteiger partial charge in [0.1, 0.15) is 5.65 Å². The Labute approximate surface area is 139 Å². The summed E-state index contributed by atoms with van der Waals surface area (Å²) in [5, 5.41) is 0. The van der Waals surface area contributed by atoms with Gasteiger partial charge < -0.3 is 9.14 Å². The number of carbonyl (C=O) groups excluding carboxylic acids is 2. The van der Waals surface area contributed by atoms with E-state index in [2.05, 4.69) is 11.9 Å². The Hall–Kier alpha value is -2.95. The highest BCUT2D eigenvalue weighted by Gasteiger charge is 2.22. The number of carbonyl (C=O) groups is 2. The van der Waals surface area contributed by atoms with E-state index in [1.807, 2.05) is 24.3 Å². The predicted octanol–water partition coefficient (Wildman–Crippen LogP) is 3.32. The minimum atomic E-state index is -0.866. The number of pyridine rings is 1. The average molecular weight is 322 g/mol. The van der Waals surface area contributed by atoms with Gasteiger partial charge in [0.2, 0.25) is 5.78 Å². The molecule has 2 aromatic heterocycles. The van der Waals surface area contributed by atoms with Crippen molar-refractivity contribution >= 4 is 17.4 Å². The first-order valence-electron chi connectivity index (χ1n) is 7.86. The summed E-state index contributed by atoms with van der Waals surface area (Å²) in [4.78, 5) is 28.8. The molecule has 122 valence electrons. The molecular weight excluding hydrogens is 304 g/mol. The van der Waals surface area contributed by atoms with Crippen LogP contribution >= 0.6 is 0 Å². The van der Waals surface area contributed by atoms with Crippen molar-refractivity contribution in [2.45, 2.75) is 26.4 Å². The quantitative estimate of drug-likeness (QED) is 0.534. The van der Waals surface area contributed by atoms with Gasteiger partial charge in [0, 0.05) is 18.0 Å². The summed E-state index contributed by atoms with van der Waals surface area (Å²) in [6, 6.07) is 12.8. The zero-order valence-electron chi connectivity index (χ0n) is 13.6. The molecule has 0 saturated carbocycles. The number of aryl methyl sites for hydroxylation is 1. The van der Waals surface area contributed by atoms with E-state index in [9.17, 15) is 9.59 Å². The number of hydrogen-bond acceptors (Lipinski definition) is 4. The van der Waals surface area contributed by atoms with Gasteiger partial charge in [-0.05, 0) is 31.0 Å². The monoisotopic (exact) mass is 322 g/mol. The summed E-state index contributed by atoms with van der Waals surface area (Å²) in [6.07, 6.45) is 3.43. The molecule has 1 aromatic carbocycles. The largest absolute Gasteiger partial charge is 0.449 e. The molecular formula is C19H18N2O3. The molecule has 0 unspecified atom stereocenters. The second kappa shape index (κ2) is 6.66. The van der Waals surface area contributed by atoms with Crippen LogP contribution in [0.3, 0.4) is 0 Å². The number of esters is 1. The summed E-state index contributed by atoms with van der Waals surface area (Å²) in [7, 11) is 0. The molecule has 0 aliphatic heterocycles. The maximum absolute atomic E-state index is 12.4. The minimum absolute atomic E-state index is 0.183. The van der Waals surface area contributed by atoms with E-state index in [1.165, 1.54) is 0 Å². The molecule has 0 N–H and O–H groups in total. The third kappa shape index (κ3) is 3.20. The highest BCUT2D eigenvalue weighted by Crippen LogP contribution is 2.12. The van der Waals surface area contributed by atoms with Gasteiger partial charge in [0.05, 0.1) is 0 Å². The Kier molecular flexibility index (Phi) is 4.42. The van der Waals surface area contributed by atoms with E-state index in [0.29, 0.717) is 11.2 Å². The van der Waals surface area contributed by atoms with Crippen LogP contribution in [0.2, 0.25) is 0 Å². The van der Waals surface area contributed by atoms with Gasteiger partial charge >= 0.3 is 5.97 Å². The fraction of sp³-hybridized carbons (Fsp3) is 0.211. The first-order chi connectivity index (χ1) is 11.6. The zero-order valence-corrected chi connectivity index (χ0v) is 13.6. The molecule has 0 saturated heterocycles. The molecule has 0 aliphatic rings. The third-order valence-corrected chi connectivity index (χ3v) is 3.87. The summed E-state index contributed by atoms with van der Waals surface area (Å²) >= 11 is 0. The van der Waals surface area contributed by atoms with Crippen LogP contribution in [0.5, 0.6) is 0 Å². The molecule has 0 amide bonds. The Bertz CT molecular complexity index is 848. The number of aromatic nitrogens is 2. The average Bonchev–Trinajstić information content (AvgIpc) is 3.05. The molecule has 0 bridgehead atoms. The first-order valence-corrected chi connectivity index (χ1v) is 7.86. The highest BCUT2D eigenvalue weighted by molar-refractivity contribution is 6.01. The second-order valence-corrected chi connectivity index (χ2v) is 5.55. The number of fused-ring (bicyclic) bond motifs is 1. The summed E-state index contributed by atoms with van der Waals surface area (Å²) < 4.78 is 7.00. The van der Waals surface area contributed by atoms with E-state index in [-0.39, 0.29) is 11.5 Å². The Morgan fingerprint density at radius 1 is 1.17 bits per heavy atom. The lowest BCUT2D eigenvalue weighted by molar-refractivity contribution is 0.0314. The Balaban J connectivity index is 1.71. The number of rotatable bonds is 5. The number of nitrogens with zero attached hydrogens (tertiary/aromatic N) is 2. The van der Waals surface area contributed by atoms with Gasteiger partial charge in [0.15, 0.2) is 11.8 Å². The van der Waals surface area contributed by atoms with Crippen LogP contribution in [-0.4, -0.2) is 27.2 Å². The molecule has 3 aromatic rings. The number of benzene rings is 1. The molecule has 0 radical (unpaired) electrons. The van der Waals surface area contributed by atoms with Crippen LogP contribution in [0, 0.1) is 0 Å². The van der Waals surface area contributed by atoms with Crippen LogP contribution in [0.4, 0.5) is 0 Å². The molecule has 5 nitrogen and oxygen atoms in total. The zero-order chi connectivity index (χ0) is 17.1. The lowest BCUT2D eigenvalue weighted by atomic mass is 10.0. The molecule has 5 heteroatoms. The fourth-order valence-corrected chi connectivity index (χ4v) is 2.45. The lowest BCUT2D eigenvalue weighted by Gasteiger charge is -2.11. The number of Topliss-reactive ketones (excluding diaryl/α,β-unsaturated/α-hetero) is 1. The third-order valence-electron chi connectivity index (χ3n) is 3.87. The van der Waals surface area contributed by atoms with Gasteiger partial charge in [-0.1, -0.05) is 37.3 Å². The van der Waals surface area contributed by atoms with Crippen LogP contribution in [0.15, 0.2) is 54.9 Å². The van der Waals surface area contributed by atoms with E-state index in [0.717, 1.165) is 12.0 Å². The molecule has 1 atom stereocenters. The normalized spacial score (nSPS) is 12.1. The molecule has 24 heavy (non-hydrogen) atoms. The first kappa shape index (κ1) is 15.9. The number of ether oxygens (including phenoxy) is 1. The Morgan fingerprint density at radius 3 is 2.58 bits per heavy atom. The maximum Gasteiger partial charge on any atom is 0.359 e. The van der Waals surface area contributed by atoms with E-state index in [1.54, 1.807) is 41.9 Å². The van der Waals surface area contributed by atoms with Gasteiger partial charge in [-0.2, -0.15) is 0 Å². The van der Waals surface area contributed by atoms with Crippen molar-refractivity contribution in [1.82, 2.24) is 9.38 Å². The topological polar surface area (TPSA) is 60.7 Å². The maximum atomic E-state index is 12.4. The number of imidazole rings is 1. The van der Waals surface area contributed by atoms with Crippen molar-refractivity contribution in [2.24, 2.45) is 0 Å². The standard InChI is InChI=1S/C19H18N2O3/c1-3-14-7-9-15(10-8-14)18(22)13(2)24-19(23)16-12-21-11-5-4-6-17(21)20-16/h4-13H,3H2,1-2H3/t13-/m1/s1. The molecule has 0 spiro atoms. The van der Waals surface area contributed by atoms with Crippen LogP contribution in [0.1, 0.15) is 40.3 Å². The van der Waals surface area contributed by atoms with Gasteiger partial charge in [0.25, 0.3) is 0 Å². The van der Waals surface area contributed by atoms with E-state index >= 15 is 0 Å². The molecule has 0 aliphatic carbocycles. The second-order valence-electron chi connectivity index (χ2n) is 5.55. The molecule has 0 fully saturated rings. The highest BCUT2D eigenvalue weighted by atomic mass is 16.5. The fourth-order valence-electron chi connectivity index (χ4n) is 2.45. The molecule has 2 heterocycles. The molecule has 3 rings (SSSR count). The van der Waals surface area contributed by atoms with Gasteiger partial charge in [-0.25, -0.2) is 9.78 Å². The van der Waals surface area contributed by atoms with Crippen molar-refractivity contribution < 1.29 is 14.3 Å². The van der Waals surface area contributed by atoms with Crippen molar-refractivity contribution in [2.75, 3.05) is 0 Å². The Morgan fingerprint density at radius 2 is 1.92 bits per heavy atom. The summed E-state index contributed by atoms with van der Waals surface area (Å²) in [5.41, 5.74) is 2.52. The minimum Gasteiger partial charge on any atom is -0.449 e. The smallest absolute Gasteiger partial charge is 0.359 e.